The minimum absolute atomic E-state index is 0.111. The molecule has 3 nitrogen and oxygen atoms in total. The molecule has 1 aromatic rings. The lowest BCUT2D eigenvalue weighted by atomic mass is 10.1. The van der Waals surface area contributed by atoms with Gasteiger partial charge in [-0.1, -0.05) is 19.8 Å². The van der Waals surface area contributed by atoms with Gasteiger partial charge in [-0.25, -0.2) is 4.98 Å². The molecule has 0 aliphatic rings. The van der Waals surface area contributed by atoms with E-state index >= 15 is 0 Å². The van der Waals surface area contributed by atoms with Crippen LogP contribution >= 0.6 is 11.3 Å². The van der Waals surface area contributed by atoms with E-state index in [1.54, 1.807) is 11.3 Å². The highest BCUT2D eigenvalue weighted by Crippen LogP contribution is 2.23. The Labute approximate surface area is 89.9 Å². The van der Waals surface area contributed by atoms with Crippen molar-refractivity contribution in [2.75, 3.05) is 19.0 Å². The van der Waals surface area contributed by atoms with Crippen LogP contribution in [0.25, 0.3) is 0 Å². The zero-order valence-corrected chi connectivity index (χ0v) is 9.97. The number of nitrogens with zero attached hydrogens (tertiary/aromatic N) is 2. The van der Waals surface area contributed by atoms with Crippen LogP contribution < -0.4 is 10.6 Å². The highest BCUT2D eigenvalue weighted by atomic mass is 32.1. The van der Waals surface area contributed by atoms with Crippen molar-refractivity contribution in [2.24, 2.45) is 5.73 Å². The SMILES string of the molecule is CCCCC(N)c1csc(N(C)C)n1. The summed E-state index contributed by atoms with van der Waals surface area (Å²) >= 11 is 1.65. The first-order valence-electron chi connectivity index (χ1n) is 5.03. The maximum atomic E-state index is 6.02. The Hall–Kier alpha value is -0.610. The first-order chi connectivity index (χ1) is 6.65. The van der Waals surface area contributed by atoms with Gasteiger partial charge in [0, 0.05) is 25.5 Å². The fourth-order valence-corrected chi connectivity index (χ4v) is 2.05. The number of thiazole rings is 1. The van der Waals surface area contributed by atoms with Crippen LogP contribution in [0, 0.1) is 0 Å². The number of nitrogens with two attached hydrogens (primary N) is 1. The summed E-state index contributed by atoms with van der Waals surface area (Å²) in [5.41, 5.74) is 7.05. The molecule has 4 heteroatoms. The normalized spacial score (nSPS) is 12.9. The summed E-state index contributed by atoms with van der Waals surface area (Å²) in [6.07, 6.45) is 3.40. The van der Waals surface area contributed by atoms with Crippen LogP contribution in [0.1, 0.15) is 37.9 Å². The molecule has 2 N–H and O–H groups in total. The van der Waals surface area contributed by atoms with Crippen molar-refractivity contribution in [3.8, 4) is 0 Å². The van der Waals surface area contributed by atoms with Gasteiger partial charge < -0.3 is 10.6 Å². The summed E-state index contributed by atoms with van der Waals surface area (Å²) in [5, 5.41) is 3.10. The summed E-state index contributed by atoms with van der Waals surface area (Å²) in [5.74, 6) is 0. The molecule has 14 heavy (non-hydrogen) atoms. The second kappa shape index (κ2) is 5.32. The Balaban J connectivity index is 2.57. The molecule has 1 unspecified atom stereocenters. The molecule has 1 aromatic heterocycles. The van der Waals surface area contributed by atoms with Gasteiger partial charge in [-0.2, -0.15) is 0 Å². The van der Waals surface area contributed by atoms with Gasteiger partial charge in [-0.3, -0.25) is 0 Å². The van der Waals surface area contributed by atoms with E-state index in [0.29, 0.717) is 0 Å². The topological polar surface area (TPSA) is 42.1 Å². The zero-order valence-electron chi connectivity index (χ0n) is 9.16. The maximum absolute atomic E-state index is 6.02. The van der Waals surface area contributed by atoms with Crippen molar-refractivity contribution in [3.63, 3.8) is 0 Å². The maximum Gasteiger partial charge on any atom is 0.185 e. The molecule has 80 valence electrons. The molecule has 0 aromatic carbocycles. The molecule has 0 bridgehead atoms. The van der Waals surface area contributed by atoms with Crippen molar-refractivity contribution in [1.82, 2.24) is 4.98 Å². The molecule has 0 aliphatic heterocycles. The summed E-state index contributed by atoms with van der Waals surface area (Å²) in [7, 11) is 4.00. The summed E-state index contributed by atoms with van der Waals surface area (Å²) in [6.45, 7) is 2.18. The lowest BCUT2D eigenvalue weighted by Gasteiger charge is -2.08. The lowest BCUT2D eigenvalue weighted by Crippen LogP contribution is -2.12. The van der Waals surface area contributed by atoms with Crippen LogP contribution in [-0.4, -0.2) is 19.1 Å². The fourth-order valence-electron chi connectivity index (χ4n) is 1.22. The standard InChI is InChI=1S/C10H19N3S/c1-4-5-6-8(11)9-7-14-10(12-9)13(2)3/h7-8H,4-6,11H2,1-3H3. The smallest absolute Gasteiger partial charge is 0.185 e. The van der Waals surface area contributed by atoms with Crippen LogP contribution in [0.2, 0.25) is 0 Å². The van der Waals surface area contributed by atoms with Crippen molar-refractivity contribution in [3.05, 3.63) is 11.1 Å². The van der Waals surface area contributed by atoms with Crippen molar-refractivity contribution in [1.29, 1.82) is 0 Å². The van der Waals surface area contributed by atoms with Gasteiger partial charge in [0.1, 0.15) is 0 Å². The Morgan fingerprint density at radius 3 is 2.79 bits per heavy atom. The van der Waals surface area contributed by atoms with Crippen LogP contribution in [0.5, 0.6) is 0 Å². The molecule has 0 fully saturated rings. The van der Waals surface area contributed by atoms with Gasteiger partial charge in [0.15, 0.2) is 5.13 Å². The molecule has 1 rings (SSSR count). The van der Waals surface area contributed by atoms with Crippen LogP contribution in [-0.2, 0) is 0 Å². The molecule has 0 saturated heterocycles. The molecular weight excluding hydrogens is 194 g/mol. The molecule has 0 spiro atoms. The Morgan fingerprint density at radius 1 is 1.57 bits per heavy atom. The molecular formula is C10H19N3S. The summed E-state index contributed by atoms with van der Waals surface area (Å²) < 4.78 is 0. The van der Waals surface area contributed by atoms with Gasteiger partial charge in [0.2, 0.25) is 0 Å². The summed E-state index contributed by atoms with van der Waals surface area (Å²) in [6, 6.07) is 0.111. The van der Waals surface area contributed by atoms with Crippen molar-refractivity contribution in [2.45, 2.75) is 32.2 Å². The third-order valence-electron chi connectivity index (χ3n) is 2.14. The van der Waals surface area contributed by atoms with E-state index in [-0.39, 0.29) is 6.04 Å². The van der Waals surface area contributed by atoms with E-state index < -0.39 is 0 Å². The number of hydrogen-bond acceptors (Lipinski definition) is 4. The predicted molar refractivity (Wildman–Crippen MR) is 62.9 cm³/mol. The van der Waals surface area contributed by atoms with Gasteiger partial charge in [-0.05, 0) is 6.42 Å². The number of aromatic nitrogens is 1. The third-order valence-corrected chi connectivity index (χ3v) is 3.17. The van der Waals surface area contributed by atoms with E-state index in [4.69, 9.17) is 5.73 Å². The summed E-state index contributed by atoms with van der Waals surface area (Å²) in [4.78, 5) is 6.50. The van der Waals surface area contributed by atoms with E-state index in [1.165, 1.54) is 12.8 Å². The third kappa shape index (κ3) is 2.96. The molecule has 0 saturated carbocycles. The van der Waals surface area contributed by atoms with Crippen LogP contribution in [0.15, 0.2) is 5.38 Å². The van der Waals surface area contributed by atoms with E-state index in [9.17, 15) is 0 Å². The predicted octanol–water partition coefficient (Wildman–Crippen LogP) is 2.40. The molecule has 1 heterocycles. The fraction of sp³-hybridized carbons (Fsp3) is 0.700. The first-order valence-corrected chi connectivity index (χ1v) is 5.91. The molecule has 0 aliphatic carbocycles. The Kier molecular flexibility index (Phi) is 4.35. The number of anilines is 1. The zero-order chi connectivity index (χ0) is 10.6. The van der Waals surface area contributed by atoms with Gasteiger partial charge in [-0.15, -0.1) is 11.3 Å². The van der Waals surface area contributed by atoms with Crippen molar-refractivity contribution >= 4 is 16.5 Å². The van der Waals surface area contributed by atoms with Gasteiger partial charge in [0.25, 0.3) is 0 Å². The van der Waals surface area contributed by atoms with Gasteiger partial charge >= 0.3 is 0 Å². The number of unbranched alkanes of at least 4 members (excludes halogenated alkanes) is 1. The lowest BCUT2D eigenvalue weighted by molar-refractivity contribution is 0.593. The molecule has 1 atom stereocenters. The second-order valence-corrected chi connectivity index (χ2v) is 4.53. The van der Waals surface area contributed by atoms with Crippen molar-refractivity contribution < 1.29 is 0 Å². The molecule has 0 amide bonds. The van der Waals surface area contributed by atoms with E-state index in [0.717, 1.165) is 17.2 Å². The average molecular weight is 213 g/mol. The van der Waals surface area contributed by atoms with Crippen LogP contribution in [0.4, 0.5) is 5.13 Å². The van der Waals surface area contributed by atoms with Gasteiger partial charge in [0.05, 0.1) is 5.69 Å². The quantitative estimate of drug-likeness (QED) is 0.816. The van der Waals surface area contributed by atoms with E-state index in [2.05, 4.69) is 17.3 Å². The number of hydrogen-bond donors (Lipinski definition) is 1. The first kappa shape index (κ1) is 11.5. The highest BCUT2D eigenvalue weighted by Gasteiger charge is 2.10. The largest absolute Gasteiger partial charge is 0.354 e. The monoisotopic (exact) mass is 213 g/mol. The second-order valence-electron chi connectivity index (χ2n) is 3.70. The minimum Gasteiger partial charge on any atom is -0.354 e. The molecule has 0 radical (unpaired) electrons. The highest BCUT2D eigenvalue weighted by molar-refractivity contribution is 7.13. The Bertz CT molecular complexity index is 270. The van der Waals surface area contributed by atoms with Crippen LogP contribution in [0.3, 0.4) is 0 Å². The average Bonchev–Trinajstić information content (AvgIpc) is 2.62. The number of rotatable bonds is 5. The minimum atomic E-state index is 0.111. The Morgan fingerprint density at radius 2 is 2.29 bits per heavy atom. The van der Waals surface area contributed by atoms with E-state index in [1.807, 2.05) is 19.0 Å².